The van der Waals surface area contributed by atoms with Crippen molar-refractivity contribution in [1.29, 1.82) is 0 Å². The molecule has 0 aliphatic heterocycles. The Bertz CT molecular complexity index is 191. The summed E-state index contributed by atoms with van der Waals surface area (Å²) in [4.78, 5) is 0. The average molecular weight is 241 g/mol. The maximum atomic E-state index is 6.20. The molecule has 1 saturated carbocycles. The Morgan fingerprint density at radius 2 is 1.88 bits per heavy atom. The molecule has 0 bridgehead atoms. The van der Waals surface area contributed by atoms with E-state index in [9.17, 15) is 0 Å². The highest BCUT2D eigenvalue weighted by Crippen LogP contribution is 2.29. The summed E-state index contributed by atoms with van der Waals surface area (Å²) in [6.45, 7) is 7.79. The highest BCUT2D eigenvalue weighted by atomic mass is 16.5. The smallest absolute Gasteiger partial charge is 0.0730 e. The maximum Gasteiger partial charge on any atom is 0.0730 e. The van der Waals surface area contributed by atoms with Gasteiger partial charge in [-0.3, -0.25) is 0 Å². The first-order valence-corrected chi connectivity index (χ1v) is 7.53. The molecule has 0 aromatic rings. The molecule has 17 heavy (non-hydrogen) atoms. The summed E-state index contributed by atoms with van der Waals surface area (Å²) >= 11 is 0. The predicted octanol–water partition coefficient (Wildman–Crippen LogP) is 3.61. The minimum atomic E-state index is 0.444. The van der Waals surface area contributed by atoms with Crippen molar-refractivity contribution in [2.75, 3.05) is 13.7 Å². The number of likely N-dealkylation sites (N-methyl/N-ethyl adjacent to an activating group) is 1. The molecule has 2 nitrogen and oxygen atoms in total. The number of hydrogen-bond acceptors (Lipinski definition) is 2. The van der Waals surface area contributed by atoms with E-state index in [0.717, 1.165) is 18.4 Å². The van der Waals surface area contributed by atoms with E-state index < -0.39 is 0 Å². The van der Waals surface area contributed by atoms with Crippen LogP contribution in [0.5, 0.6) is 0 Å². The van der Waals surface area contributed by atoms with Gasteiger partial charge in [-0.2, -0.15) is 0 Å². The second-order valence-electron chi connectivity index (χ2n) is 5.54. The van der Waals surface area contributed by atoms with Crippen LogP contribution < -0.4 is 5.32 Å². The van der Waals surface area contributed by atoms with Crippen molar-refractivity contribution in [3.63, 3.8) is 0 Å². The van der Waals surface area contributed by atoms with E-state index in [2.05, 4.69) is 33.1 Å². The Kier molecular flexibility index (Phi) is 7.14. The van der Waals surface area contributed by atoms with Crippen molar-refractivity contribution >= 4 is 0 Å². The van der Waals surface area contributed by atoms with E-state index in [-0.39, 0.29) is 0 Å². The van der Waals surface area contributed by atoms with Crippen LogP contribution in [0, 0.1) is 11.8 Å². The molecule has 1 rings (SSSR count). The Morgan fingerprint density at radius 3 is 2.41 bits per heavy atom. The molecule has 2 heteroatoms. The number of hydrogen-bond donors (Lipinski definition) is 1. The lowest BCUT2D eigenvalue weighted by molar-refractivity contribution is -0.0253. The minimum absolute atomic E-state index is 0.444. The van der Waals surface area contributed by atoms with Gasteiger partial charge in [0, 0.05) is 12.6 Å². The van der Waals surface area contributed by atoms with E-state index >= 15 is 0 Å². The van der Waals surface area contributed by atoms with Gasteiger partial charge in [-0.1, -0.05) is 40.0 Å². The zero-order chi connectivity index (χ0) is 12.7. The molecule has 0 radical (unpaired) electrons. The summed E-state index contributed by atoms with van der Waals surface area (Å²) in [5, 5.41) is 3.43. The first-order valence-electron chi connectivity index (χ1n) is 7.53. The molecule has 1 fully saturated rings. The molecule has 1 aliphatic rings. The molecule has 0 spiro atoms. The SMILES string of the molecule is CCC(CC)COC1CC(CC)CCC1NC. The molecule has 3 atom stereocenters. The molecule has 0 amide bonds. The Labute approximate surface area is 108 Å². The van der Waals surface area contributed by atoms with Crippen LogP contribution in [0.4, 0.5) is 0 Å². The number of rotatable bonds is 7. The van der Waals surface area contributed by atoms with Crippen LogP contribution in [0.3, 0.4) is 0 Å². The lowest BCUT2D eigenvalue weighted by Crippen LogP contribution is -2.44. The molecular weight excluding hydrogens is 210 g/mol. The normalized spacial score (nSPS) is 29.8. The molecule has 0 aromatic heterocycles. The van der Waals surface area contributed by atoms with Crippen LogP contribution in [0.25, 0.3) is 0 Å². The molecule has 102 valence electrons. The molecule has 3 unspecified atom stereocenters. The van der Waals surface area contributed by atoms with Crippen molar-refractivity contribution in [3.05, 3.63) is 0 Å². The van der Waals surface area contributed by atoms with Crippen LogP contribution in [-0.2, 0) is 4.74 Å². The van der Waals surface area contributed by atoms with Gasteiger partial charge in [0.05, 0.1) is 6.10 Å². The average Bonchev–Trinajstić information content (AvgIpc) is 2.39. The second kappa shape index (κ2) is 8.10. The third-order valence-corrected chi connectivity index (χ3v) is 4.55. The third kappa shape index (κ3) is 4.59. The van der Waals surface area contributed by atoms with Gasteiger partial charge >= 0.3 is 0 Å². The van der Waals surface area contributed by atoms with Gasteiger partial charge in [0.2, 0.25) is 0 Å². The maximum absolute atomic E-state index is 6.20. The molecule has 1 N–H and O–H groups in total. The van der Waals surface area contributed by atoms with Gasteiger partial charge < -0.3 is 10.1 Å². The van der Waals surface area contributed by atoms with Crippen molar-refractivity contribution in [2.24, 2.45) is 11.8 Å². The molecular formula is C15H31NO. The fourth-order valence-corrected chi connectivity index (χ4v) is 2.88. The fraction of sp³-hybridized carbons (Fsp3) is 1.00. The van der Waals surface area contributed by atoms with E-state index in [4.69, 9.17) is 4.74 Å². The zero-order valence-corrected chi connectivity index (χ0v) is 12.2. The standard InChI is InChI=1S/C15H31NO/c1-5-12(6-2)11-17-15-10-13(7-3)8-9-14(15)16-4/h12-16H,5-11H2,1-4H3. The van der Waals surface area contributed by atoms with Crippen LogP contribution in [0.15, 0.2) is 0 Å². The summed E-state index contributed by atoms with van der Waals surface area (Å²) in [7, 11) is 2.07. The lowest BCUT2D eigenvalue weighted by Gasteiger charge is -2.36. The lowest BCUT2D eigenvalue weighted by atomic mass is 9.82. The van der Waals surface area contributed by atoms with Crippen LogP contribution >= 0.6 is 0 Å². The van der Waals surface area contributed by atoms with Crippen LogP contribution in [0.1, 0.15) is 59.3 Å². The number of ether oxygens (including phenoxy) is 1. The number of nitrogens with one attached hydrogen (secondary N) is 1. The molecule has 0 heterocycles. The van der Waals surface area contributed by atoms with Crippen molar-refractivity contribution in [1.82, 2.24) is 5.32 Å². The van der Waals surface area contributed by atoms with Gasteiger partial charge in [0.15, 0.2) is 0 Å². The van der Waals surface area contributed by atoms with Crippen molar-refractivity contribution in [2.45, 2.75) is 71.4 Å². The quantitative estimate of drug-likeness (QED) is 0.735. The molecule has 1 aliphatic carbocycles. The van der Waals surface area contributed by atoms with E-state index in [1.807, 2.05) is 0 Å². The second-order valence-corrected chi connectivity index (χ2v) is 5.54. The summed E-state index contributed by atoms with van der Waals surface area (Å²) in [5.41, 5.74) is 0. The summed E-state index contributed by atoms with van der Waals surface area (Å²) in [6, 6.07) is 0.576. The first-order chi connectivity index (χ1) is 8.24. The molecule has 0 saturated heterocycles. The minimum Gasteiger partial charge on any atom is -0.376 e. The van der Waals surface area contributed by atoms with Crippen molar-refractivity contribution < 1.29 is 4.74 Å². The summed E-state index contributed by atoms with van der Waals surface area (Å²) < 4.78 is 6.20. The van der Waals surface area contributed by atoms with Gasteiger partial charge in [0.1, 0.15) is 0 Å². The third-order valence-electron chi connectivity index (χ3n) is 4.55. The van der Waals surface area contributed by atoms with E-state index in [0.29, 0.717) is 12.1 Å². The summed E-state index contributed by atoms with van der Waals surface area (Å²) in [6.07, 6.45) is 8.13. The fourth-order valence-electron chi connectivity index (χ4n) is 2.88. The van der Waals surface area contributed by atoms with Gasteiger partial charge in [0.25, 0.3) is 0 Å². The van der Waals surface area contributed by atoms with Crippen molar-refractivity contribution in [3.8, 4) is 0 Å². The van der Waals surface area contributed by atoms with Crippen LogP contribution in [-0.4, -0.2) is 25.8 Å². The van der Waals surface area contributed by atoms with Gasteiger partial charge in [-0.15, -0.1) is 0 Å². The Balaban J connectivity index is 2.40. The first kappa shape index (κ1) is 15.0. The topological polar surface area (TPSA) is 21.3 Å². The molecule has 0 aromatic carbocycles. The highest BCUT2D eigenvalue weighted by Gasteiger charge is 2.29. The largest absolute Gasteiger partial charge is 0.376 e. The van der Waals surface area contributed by atoms with Gasteiger partial charge in [-0.05, 0) is 38.1 Å². The Hall–Kier alpha value is -0.0800. The van der Waals surface area contributed by atoms with Crippen LogP contribution in [0.2, 0.25) is 0 Å². The van der Waals surface area contributed by atoms with E-state index in [1.165, 1.54) is 38.5 Å². The Morgan fingerprint density at radius 1 is 1.18 bits per heavy atom. The van der Waals surface area contributed by atoms with E-state index in [1.54, 1.807) is 0 Å². The highest BCUT2D eigenvalue weighted by molar-refractivity contribution is 4.84. The zero-order valence-electron chi connectivity index (χ0n) is 12.2. The predicted molar refractivity (Wildman–Crippen MR) is 74.3 cm³/mol. The van der Waals surface area contributed by atoms with Gasteiger partial charge in [-0.25, -0.2) is 0 Å². The monoisotopic (exact) mass is 241 g/mol. The summed E-state index contributed by atoms with van der Waals surface area (Å²) in [5.74, 6) is 1.63.